The Morgan fingerprint density at radius 1 is 1.29 bits per heavy atom. The molecule has 2 nitrogen and oxygen atoms in total. The fourth-order valence-electron chi connectivity index (χ4n) is 1.80. The van der Waals surface area contributed by atoms with Crippen molar-refractivity contribution >= 4 is 50.7 Å². The van der Waals surface area contributed by atoms with Crippen molar-refractivity contribution in [2.24, 2.45) is 0 Å². The maximum Gasteiger partial charge on any atom is 0.228 e. The lowest BCUT2D eigenvalue weighted by Gasteiger charge is -2.09. The van der Waals surface area contributed by atoms with Crippen LogP contribution < -0.4 is 5.32 Å². The maximum atomic E-state index is 13.6. The van der Waals surface area contributed by atoms with Crippen LogP contribution in [-0.4, -0.2) is 5.91 Å². The van der Waals surface area contributed by atoms with Crippen LogP contribution in [0, 0.1) is 5.82 Å². The average Bonchev–Trinajstić information content (AvgIpc) is 2.43. The van der Waals surface area contributed by atoms with E-state index in [1.807, 2.05) is 6.07 Å². The molecule has 0 spiro atoms. The van der Waals surface area contributed by atoms with E-state index in [2.05, 4.69) is 21.2 Å². The molecule has 2 aromatic rings. The molecule has 1 N–H and O–H groups in total. The van der Waals surface area contributed by atoms with Gasteiger partial charge in [0, 0.05) is 26.6 Å². The number of benzene rings is 2. The van der Waals surface area contributed by atoms with Gasteiger partial charge in [-0.25, -0.2) is 4.39 Å². The summed E-state index contributed by atoms with van der Waals surface area (Å²) in [6, 6.07) is 9.63. The van der Waals surface area contributed by atoms with Gasteiger partial charge < -0.3 is 5.32 Å². The lowest BCUT2D eigenvalue weighted by Crippen LogP contribution is -2.15. The molecule has 0 aliphatic carbocycles. The summed E-state index contributed by atoms with van der Waals surface area (Å²) in [6.07, 6.45) is -0.125. The Kier molecular flexibility index (Phi) is 5.62. The first kappa shape index (κ1) is 16.3. The van der Waals surface area contributed by atoms with Crippen LogP contribution in [0.5, 0.6) is 0 Å². The van der Waals surface area contributed by atoms with Crippen LogP contribution in [0.15, 0.2) is 40.9 Å². The number of carbonyl (C=O) groups excluding carboxylic acids is 1. The zero-order valence-electron chi connectivity index (χ0n) is 10.8. The molecule has 2 aromatic carbocycles. The van der Waals surface area contributed by atoms with E-state index in [1.165, 1.54) is 12.1 Å². The number of anilines is 1. The highest BCUT2D eigenvalue weighted by molar-refractivity contribution is 9.10. The number of nitrogens with one attached hydrogen (secondary N) is 1. The number of hydrogen-bond donors (Lipinski definition) is 1. The van der Waals surface area contributed by atoms with Crippen molar-refractivity contribution in [3.63, 3.8) is 0 Å². The topological polar surface area (TPSA) is 29.1 Å². The Balaban J connectivity index is 2.10. The molecule has 21 heavy (non-hydrogen) atoms. The Bertz CT molecular complexity index is 658. The van der Waals surface area contributed by atoms with Gasteiger partial charge in [-0.05, 0) is 29.8 Å². The van der Waals surface area contributed by atoms with Gasteiger partial charge in [-0.1, -0.05) is 39.7 Å². The molecule has 6 heteroatoms. The molecule has 0 unspecified atom stereocenters. The minimum Gasteiger partial charge on any atom is -0.326 e. The van der Waals surface area contributed by atoms with E-state index < -0.39 is 5.82 Å². The smallest absolute Gasteiger partial charge is 0.228 e. The average molecular weight is 391 g/mol. The summed E-state index contributed by atoms with van der Waals surface area (Å²) in [6.45, 7) is 0. The minimum atomic E-state index is -0.490. The molecular weight excluding hydrogens is 380 g/mol. The van der Waals surface area contributed by atoms with E-state index in [4.69, 9.17) is 23.2 Å². The number of amides is 1. The monoisotopic (exact) mass is 389 g/mol. The molecule has 1 amide bonds. The van der Waals surface area contributed by atoms with Crippen molar-refractivity contribution in [3.05, 3.63) is 62.8 Å². The first-order valence-corrected chi connectivity index (χ1v) is 7.79. The number of rotatable bonds is 4. The molecule has 0 heterocycles. The van der Waals surface area contributed by atoms with Crippen LogP contribution in [0.1, 0.15) is 11.1 Å². The summed E-state index contributed by atoms with van der Waals surface area (Å²) < 4.78 is 14.4. The maximum absolute atomic E-state index is 13.6. The second kappa shape index (κ2) is 7.25. The summed E-state index contributed by atoms with van der Waals surface area (Å²) in [4.78, 5) is 12.0. The number of halogens is 4. The molecule has 0 aliphatic heterocycles. The fraction of sp³-hybridized carbons (Fsp3) is 0.133. The summed E-state index contributed by atoms with van der Waals surface area (Å²) in [5, 5.41) is 2.94. The largest absolute Gasteiger partial charge is 0.326 e. The Morgan fingerprint density at radius 2 is 2.05 bits per heavy atom. The predicted octanol–water partition coefficient (Wildman–Crippen LogP) is 5.16. The van der Waals surface area contributed by atoms with E-state index >= 15 is 0 Å². The van der Waals surface area contributed by atoms with Crippen LogP contribution in [0.2, 0.25) is 5.02 Å². The van der Waals surface area contributed by atoms with E-state index in [0.29, 0.717) is 11.6 Å². The molecule has 0 atom stereocenters. The molecule has 0 saturated carbocycles. The van der Waals surface area contributed by atoms with E-state index in [1.54, 1.807) is 18.2 Å². The Morgan fingerprint density at radius 3 is 2.67 bits per heavy atom. The van der Waals surface area contributed by atoms with Crippen LogP contribution in [0.3, 0.4) is 0 Å². The van der Waals surface area contributed by atoms with Crippen molar-refractivity contribution in [2.75, 3.05) is 5.32 Å². The van der Waals surface area contributed by atoms with E-state index in [9.17, 15) is 9.18 Å². The molecule has 2 rings (SSSR count). The zero-order valence-corrected chi connectivity index (χ0v) is 13.9. The highest BCUT2D eigenvalue weighted by Gasteiger charge is 2.12. The van der Waals surface area contributed by atoms with Gasteiger partial charge in [-0.2, -0.15) is 0 Å². The van der Waals surface area contributed by atoms with E-state index in [-0.39, 0.29) is 22.9 Å². The van der Waals surface area contributed by atoms with Crippen molar-refractivity contribution < 1.29 is 9.18 Å². The van der Waals surface area contributed by atoms with Gasteiger partial charge >= 0.3 is 0 Å². The normalized spacial score (nSPS) is 10.5. The van der Waals surface area contributed by atoms with Crippen LogP contribution in [0.4, 0.5) is 10.1 Å². The lowest BCUT2D eigenvalue weighted by atomic mass is 10.1. The van der Waals surface area contributed by atoms with Gasteiger partial charge in [0.2, 0.25) is 5.91 Å². The fourth-order valence-corrected chi connectivity index (χ4v) is 2.94. The van der Waals surface area contributed by atoms with Crippen molar-refractivity contribution in [3.8, 4) is 0 Å². The first-order valence-electron chi connectivity index (χ1n) is 6.08. The van der Waals surface area contributed by atoms with Gasteiger partial charge in [-0.15, -0.1) is 11.6 Å². The molecule has 0 radical (unpaired) electrons. The SMILES string of the molecule is O=C(Cc1c(F)cccc1Cl)Nc1ccc(CCl)c(Br)c1. The van der Waals surface area contributed by atoms with Gasteiger partial charge in [0.05, 0.1) is 6.42 Å². The Labute approximate surface area is 140 Å². The number of alkyl halides is 1. The molecule has 0 saturated heterocycles. The van der Waals surface area contributed by atoms with Crippen LogP contribution in [0.25, 0.3) is 0 Å². The Hall–Kier alpha value is -1.10. The van der Waals surface area contributed by atoms with Gasteiger partial charge in [0.25, 0.3) is 0 Å². The summed E-state index contributed by atoms with van der Waals surface area (Å²) in [5.41, 5.74) is 1.72. The van der Waals surface area contributed by atoms with Crippen molar-refractivity contribution in [1.29, 1.82) is 0 Å². The molecule has 0 aliphatic rings. The standard InChI is InChI=1S/C15H11BrCl2FNO/c16-12-6-10(5-4-9(12)8-17)20-15(21)7-11-13(18)2-1-3-14(11)19/h1-6H,7-8H2,(H,20,21). The zero-order chi connectivity index (χ0) is 15.4. The molecule has 110 valence electrons. The lowest BCUT2D eigenvalue weighted by molar-refractivity contribution is -0.115. The summed E-state index contributed by atoms with van der Waals surface area (Å²) >= 11 is 15.0. The van der Waals surface area contributed by atoms with Crippen LogP contribution in [-0.2, 0) is 17.1 Å². The summed E-state index contributed by atoms with van der Waals surface area (Å²) in [7, 11) is 0. The molecule has 0 aromatic heterocycles. The first-order chi connectivity index (χ1) is 10.0. The van der Waals surface area contributed by atoms with Crippen LogP contribution >= 0.6 is 39.1 Å². The second-order valence-corrected chi connectivity index (χ2v) is 5.89. The predicted molar refractivity (Wildman–Crippen MR) is 87.4 cm³/mol. The van der Waals surface area contributed by atoms with Crippen molar-refractivity contribution in [2.45, 2.75) is 12.3 Å². The third-order valence-electron chi connectivity index (χ3n) is 2.88. The van der Waals surface area contributed by atoms with E-state index in [0.717, 1.165) is 10.0 Å². The van der Waals surface area contributed by atoms with Gasteiger partial charge in [0.15, 0.2) is 0 Å². The molecular formula is C15H11BrCl2FNO. The molecule has 0 fully saturated rings. The number of hydrogen-bond acceptors (Lipinski definition) is 1. The quantitative estimate of drug-likeness (QED) is 0.717. The number of carbonyl (C=O) groups is 1. The minimum absolute atomic E-state index is 0.125. The second-order valence-electron chi connectivity index (χ2n) is 4.36. The molecule has 0 bridgehead atoms. The summed E-state index contributed by atoms with van der Waals surface area (Å²) in [5.74, 6) is -0.455. The van der Waals surface area contributed by atoms with Gasteiger partial charge in [0.1, 0.15) is 5.82 Å². The van der Waals surface area contributed by atoms with Gasteiger partial charge in [-0.3, -0.25) is 4.79 Å². The highest BCUT2D eigenvalue weighted by atomic mass is 79.9. The van der Waals surface area contributed by atoms with Crippen molar-refractivity contribution in [1.82, 2.24) is 0 Å². The third kappa shape index (κ3) is 4.19. The highest BCUT2D eigenvalue weighted by Crippen LogP contribution is 2.24. The third-order valence-corrected chi connectivity index (χ3v) is 4.26.